The third kappa shape index (κ3) is 4.71. The summed E-state index contributed by atoms with van der Waals surface area (Å²) < 4.78 is 15.5. The van der Waals surface area contributed by atoms with Crippen LogP contribution in [0, 0.1) is 0 Å². The molecule has 0 radical (unpaired) electrons. The highest BCUT2D eigenvalue weighted by atomic mass is 35.6. The molecule has 0 saturated heterocycles. The Morgan fingerprint density at radius 2 is 2.00 bits per heavy atom. The monoisotopic (exact) mass is 373 g/mol. The number of ether oxygens (including phenoxy) is 1. The number of hydrogen-bond acceptors (Lipinski definition) is 4. The predicted molar refractivity (Wildman–Crippen MR) is 83.9 cm³/mol. The minimum absolute atomic E-state index is 0.0736. The van der Waals surface area contributed by atoms with E-state index in [9.17, 15) is 13.8 Å². The summed E-state index contributed by atoms with van der Waals surface area (Å²) in [5.74, 6) is -1.38. The molecule has 0 aromatic carbocycles. The molecular formula is C12H14Cl3NO4S. The van der Waals surface area contributed by atoms with Gasteiger partial charge in [0.15, 0.2) is 0 Å². The quantitative estimate of drug-likeness (QED) is 0.451. The Morgan fingerprint density at radius 3 is 2.43 bits per heavy atom. The van der Waals surface area contributed by atoms with Gasteiger partial charge in [0.05, 0.1) is 7.11 Å². The summed E-state index contributed by atoms with van der Waals surface area (Å²) in [5.41, 5.74) is 0.205. The van der Waals surface area contributed by atoms with Crippen LogP contribution >= 0.6 is 34.8 Å². The van der Waals surface area contributed by atoms with Gasteiger partial charge in [-0.25, -0.2) is 4.79 Å². The predicted octanol–water partition coefficient (Wildman–Crippen LogP) is 2.59. The molecule has 9 heteroatoms. The number of carbonyl (C=O) groups is 2. The van der Waals surface area contributed by atoms with Crippen molar-refractivity contribution in [2.75, 3.05) is 13.4 Å². The topological polar surface area (TPSA) is 65.4 Å². The number of Topliss-reactive ketones (excluding diaryl/α,β-unsaturated/α-hetero) is 1. The smallest absolute Gasteiger partial charge is 0.354 e. The highest BCUT2D eigenvalue weighted by Gasteiger charge is 2.33. The third-order valence-electron chi connectivity index (χ3n) is 2.83. The number of halogens is 3. The number of aromatic nitrogens is 1. The summed E-state index contributed by atoms with van der Waals surface area (Å²) in [4.78, 5) is 23.7. The van der Waals surface area contributed by atoms with E-state index in [1.165, 1.54) is 23.9 Å². The second kappa shape index (κ2) is 7.13. The molecule has 5 nitrogen and oxygen atoms in total. The zero-order valence-corrected chi connectivity index (χ0v) is 14.6. The molecule has 0 spiro atoms. The zero-order valence-electron chi connectivity index (χ0n) is 11.6. The van der Waals surface area contributed by atoms with Crippen LogP contribution in [0.2, 0.25) is 0 Å². The van der Waals surface area contributed by atoms with Crippen molar-refractivity contribution in [2.24, 2.45) is 0 Å². The first-order chi connectivity index (χ1) is 9.57. The fraction of sp³-hybridized carbons (Fsp3) is 0.500. The van der Waals surface area contributed by atoms with Gasteiger partial charge in [-0.05, 0) is 13.0 Å². The second-order valence-corrected chi connectivity index (χ2v) is 8.48. The number of rotatable bonds is 5. The normalized spacial score (nSPS) is 14.6. The summed E-state index contributed by atoms with van der Waals surface area (Å²) in [6.45, 7) is 2.02. The SMILES string of the molecule is COC(=O)c1cc(C(=O)C(Cl)(Cl)Cl)cn1CC(C)S(C)=O. The Balaban J connectivity index is 3.22. The number of methoxy groups -OCH3 is 1. The van der Waals surface area contributed by atoms with Crippen LogP contribution in [0.15, 0.2) is 12.3 Å². The molecule has 1 heterocycles. The summed E-state index contributed by atoms with van der Waals surface area (Å²) in [6.07, 6.45) is 2.94. The number of hydrogen-bond donors (Lipinski definition) is 0. The van der Waals surface area contributed by atoms with Crippen molar-refractivity contribution in [2.45, 2.75) is 22.5 Å². The molecule has 0 bridgehead atoms. The van der Waals surface area contributed by atoms with Crippen LogP contribution in [0.4, 0.5) is 0 Å². The number of carbonyl (C=O) groups excluding carboxylic acids is 2. The van der Waals surface area contributed by atoms with Crippen molar-refractivity contribution in [3.8, 4) is 0 Å². The lowest BCUT2D eigenvalue weighted by Crippen LogP contribution is -2.20. The molecule has 0 amide bonds. The van der Waals surface area contributed by atoms with Crippen LogP contribution in [0.3, 0.4) is 0 Å². The van der Waals surface area contributed by atoms with Crippen LogP contribution in [-0.4, -0.2) is 42.9 Å². The lowest BCUT2D eigenvalue weighted by Gasteiger charge is -2.12. The molecule has 1 aromatic rings. The van der Waals surface area contributed by atoms with Gasteiger partial charge in [-0.2, -0.15) is 0 Å². The minimum Gasteiger partial charge on any atom is -0.464 e. The van der Waals surface area contributed by atoms with E-state index >= 15 is 0 Å². The molecule has 1 aromatic heterocycles. The molecule has 2 atom stereocenters. The van der Waals surface area contributed by atoms with E-state index in [4.69, 9.17) is 34.8 Å². The lowest BCUT2D eigenvalue weighted by atomic mass is 10.2. The van der Waals surface area contributed by atoms with Crippen LogP contribution < -0.4 is 0 Å². The van der Waals surface area contributed by atoms with Crippen LogP contribution in [0.25, 0.3) is 0 Å². The van der Waals surface area contributed by atoms with E-state index in [-0.39, 0.29) is 23.1 Å². The fourth-order valence-electron chi connectivity index (χ4n) is 1.61. The van der Waals surface area contributed by atoms with Gasteiger partial charge >= 0.3 is 5.97 Å². The summed E-state index contributed by atoms with van der Waals surface area (Å²) in [7, 11) is 0.131. The molecule has 21 heavy (non-hydrogen) atoms. The van der Waals surface area contributed by atoms with Crippen molar-refractivity contribution >= 4 is 57.4 Å². The molecule has 0 saturated carbocycles. The van der Waals surface area contributed by atoms with Crippen LogP contribution in [0.1, 0.15) is 27.8 Å². The van der Waals surface area contributed by atoms with E-state index in [2.05, 4.69) is 4.74 Å². The Hall–Kier alpha value is -0.560. The second-order valence-electron chi connectivity index (χ2n) is 4.39. The van der Waals surface area contributed by atoms with Crippen molar-refractivity contribution in [3.05, 3.63) is 23.5 Å². The summed E-state index contributed by atoms with van der Waals surface area (Å²) >= 11 is 16.7. The van der Waals surface area contributed by atoms with Crippen molar-refractivity contribution in [3.63, 3.8) is 0 Å². The highest BCUT2D eigenvalue weighted by molar-refractivity contribution is 7.84. The molecule has 118 valence electrons. The summed E-state index contributed by atoms with van der Waals surface area (Å²) in [6, 6.07) is 1.29. The molecule has 0 aliphatic rings. The first-order valence-electron chi connectivity index (χ1n) is 5.80. The molecular weight excluding hydrogens is 361 g/mol. The van der Waals surface area contributed by atoms with E-state index in [1.807, 2.05) is 0 Å². The average molecular weight is 375 g/mol. The van der Waals surface area contributed by atoms with Crippen molar-refractivity contribution < 1.29 is 18.5 Å². The number of alkyl halides is 3. The maximum atomic E-state index is 11.9. The van der Waals surface area contributed by atoms with Gasteiger partial charge in [-0.3, -0.25) is 9.00 Å². The Bertz CT molecular complexity index is 580. The third-order valence-corrected chi connectivity index (χ3v) is 4.63. The highest BCUT2D eigenvalue weighted by Crippen LogP contribution is 2.31. The van der Waals surface area contributed by atoms with Crippen LogP contribution in [0.5, 0.6) is 0 Å². The summed E-state index contributed by atoms with van der Waals surface area (Å²) in [5, 5.41) is -0.225. The molecule has 0 fully saturated rings. The molecule has 0 aliphatic heterocycles. The van der Waals surface area contributed by atoms with Gasteiger partial charge in [-0.15, -0.1) is 0 Å². The van der Waals surface area contributed by atoms with Gasteiger partial charge in [-0.1, -0.05) is 34.8 Å². The molecule has 1 rings (SSSR count). The minimum atomic E-state index is -2.11. The van der Waals surface area contributed by atoms with Crippen molar-refractivity contribution in [1.29, 1.82) is 0 Å². The standard InChI is InChI=1S/C12H14Cl3NO4S/c1-7(21(3)19)5-16-6-8(10(17)12(13,14)15)4-9(16)11(18)20-2/h4,6-7H,5H2,1-3H3. The van der Waals surface area contributed by atoms with Gasteiger partial charge in [0.25, 0.3) is 3.79 Å². The van der Waals surface area contributed by atoms with Gasteiger partial charge in [0.1, 0.15) is 5.69 Å². The van der Waals surface area contributed by atoms with E-state index < -0.39 is 26.3 Å². The maximum absolute atomic E-state index is 11.9. The molecule has 0 aliphatic carbocycles. The first kappa shape index (κ1) is 18.5. The number of esters is 1. The largest absolute Gasteiger partial charge is 0.464 e. The Kier molecular flexibility index (Phi) is 6.28. The maximum Gasteiger partial charge on any atom is 0.354 e. The van der Waals surface area contributed by atoms with Gasteiger partial charge < -0.3 is 9.30 Å². The molecule has 0 N–H and O–H groups in total. The Labute approximate surface area is 139 Å². The first-order valence-corrected chi connectivity index (χ1v) is 8.55. The van der Waals surface area contributed by atoms with Crippen LogP contribution in [-0.2, 0) is 22.1 Å². The Morgan fingerprint density at radius 1 is 1.43 bits per heavy atom. The number of ketones is 1. The van der Waals surface area contributed by atoms with Crippen molar-refractivity contribution in [1.82, 2.24) is 4.57 Å². The average Bonchev–Trinajstić information content (AvgIpc) is 2.79. The fourth-order valence-corrected chi connectivity index (χ4v) is 2.30. The zero-order chi connectivity index (χ0) is 16.4. The van der Waals surface area contributed by atoms with E-state index in [0.29, 0.717) is 0 Å². The molecule has 2 unspecified atom stereocenters. The van der Waals surface area contributed by atoms with E-state index in [1.54, 1.807) is 13.2 Å². The van der Waals surface area contributed by atoms with Gasteiger partial charge in [0, 0.05) is 40.6 Å². The lowest BCUT2D eigenvalue weighted by molar-refractivity contribution is 0.0588. The van der Waals surface area contributed by atoms with Gasteiger partial charge in [0.2, 0.25) is 5.78 Å². The number of nitrogens with zero attached hydrogens (tertiary/aromatic N) is 1. The van der Waals surface area contributed by atoms with E-state index in [0.717, 1.165) is 0 Å².